The van der Waals surface area contributed by atoms with Gasteiger partial charge in [-0.15, -0.1) is 0 Å². The Labute approximate surface area is 80.4 Å². The maximum atomic E-state index is 11.3. The first-order valence-corrected chi connectivity index (χ1v) is 4.75. The van der Waals surface area contributed by atoms with E-state index in [0.717, 1.165) is 18.3 Å². The van der Waals surface area contributed by atoms with Crippen molar-refractivity contribution in [3.8, 4) is 0 Å². The van der Waals surface area contributed by atoms with Crippen molar-refractivity contribution in [2.24, 2.45) is 0 Å². The first-order valence-electron chi connectivity index (χ1n) is 4.75. The Morgan fingerprint density at radius 1 is 1.31 bits per heavy atom. The number of carbonyl (C=O) groups excluding carboxylic acids is 1. The van der Waals surface area contributed by atoms with Crippen LogP contribution in [0.3, 0.4) is 0 Å². The van der Waals surface area contributed by atoms with Crippen molar-refractivity contribution in [3.05, 3.63) is 30.3 Å². The van der Waals surface area contributed by atoms with Crippen molar-refractivity contribution in [2.45, 2.75) is 26.2 Å². The van der Waals surface area contributed by atoms with Crippen LogP contribution in [0.1, 0.15) is 26.2 Å². The van der Waals surface area contributed by atoms with E-state index in [4.69, 9.17) is 0 Å². The van der Waals surface area contributed by atoms with Crippen molar-refractivity contribution in [2.75, 3.05) is 0 Å². The summed E-state index contributed by atoms with van der Waals surface area (Å²) in [7, 11) is 1.72. The van der Waals surface area contributed by atoms with E-state index in [1.165, 1.54) is 0 Å². The molecule has 0 unspecified atom stereocenters. The first-order chi connectivity index (χ1) is 6.33. The average molecular weight is 173 g/mol. The third-order valence-corrected chi connectivity index (χ3v) is 1.90. The molecule has 0 aliphatic rings. The summed E-state index contributed by atoms with van der Waals surface area (Å²) in [4.78, 5) is 11.3. The molecule has 1 rings (SSSR count). The molecule has 0 heterocycles. The highest BCUT2D eigenvalue weighted by molar-refractivity contribution is 6.84. The maximum Gasteiger partial charge on any atom is 0.241 e. The molecule has 1 radical (unpaired) electrons. The molecule has 0 spiro atoms. The van der Waals surface area contributed by atoms with E-state index in [2.05, 4.69) is 6.92 Å². The van der Waals surface area contributed by atoms with Crippen LogP contribution in [0.15, 0.2) is 30.3 Å². The molecule has 0 N–H and O–H groups in total. The van der Waals surface area contributed by atoms with Crippen molar-refractivity contribution >= 4 is 18.4 Å². The Morgan fingerprint density at radius 3 is 2.62 bits per heavy atom. The summed E-state index contributed by atoms with van der Waals surface area (Å²) in [5.41, 5.74) is 1.23. The standard InChI is InChI=1S/C11H14BO/c1-2-3-9-11(13)12-10-7-5-4-6-8-10/h4-8H,2-3,9H2,1H3. The van der Waals surface area contributed by atoms with Gasteiger partial charge in [0.15, 0.2) is 0 Å². The van der Waals surface area contributed by atoms with Gasteiger partial charge in [-0.05, 0) is 12.8 Å². The smallest absolute Gasteiger partial charge is 0.241 e. The van der Waals surface area contributed by atoms with Crippen LogP contribution in [0.25, 0.3) is 0 Å². The zero-order chi connectivity index (χ0) is 9.52. The number of benzene rings is 1. The Bertz CT molecular complexity index is 256. The highest BCUT2D eigenvalue weighted by atomic mass is 16.1. The second-order valence-electron chi connectivity index (χ2n) is 3.12. The van der Waals surface area contributed by atoms with Gasteiger partial charge in [-0.3, -0.25) is 0 Å². The third-order valence-electron chi connectivity index (χ3n) is 1.90. The lowest BCUT2D eigenvalue weighted by atomic mass is 9.65. The van der Waals surface area contributed by atoms with Gasteiger partial charge >= 0.3 is 0 Å². The summed E-state index contributed by atoms with van der Waals surface area (Å²) in [5, 5.41) is 0. The normalized spacial score (nSPS) is 9.62. The molecule has 0 bridgehead atoms. The van der Waals surface area contributed by atoms with Gasteiger partial charge in [-0.1, -0.05) is 49.1 Å². The Balaban J connectivity index is 2.37. The van der Waals surface area contributed by atoms with E-state index >= 15 is 0 Å². The number of rotatable bonds is 5. The van der Waals surface area contributed by atoms with Gasteiger partial charge in [0.25, 0.3) is 0 Å². The molecular weight excluding hydrogens is 159 g/mol. The van der Waals surface area contributed by atoms with Gasteiger partial charge in [0.1, 0.15) is 0 Å². The van der Waals surface area contributed by atoms with Gasteiger partial charge in [-0.2, -0.15) is 0 Å². The van der Waals surface area contributed by atoms with Gasteiger partial charge in [0.2, 0.25) is 7.28 Å². The number of hydrogen-bond acceptors (Lipinski definition) is 1. The number of hydrogen-bond donors (Lipinski definition) is 0. The molecule has 0 aromatic heterocycles. The summed E-state index contributed by atoms with van der Waals surface area (Å²) in [6.07, 6.45) is 2.74. The summed E-state index contributed by atoms with van der Waals surface area (Å²) < 4.78 is 0. The Hall–Kier alpha value is -1.05. The molecule has 67 valence electrons. The quantitative estimate of drug-likeness (QED) is 0.619. The minimum absolute atomic E-state index is 0.230. The summed E-state index contributed by atoms with van der Waals surface area (Å²) >= 11 is 0. The van der Waals surface area contributed by atoms with E-state index in [1.54, 1.807) is 7.28 Å². The molecule has 0 amide bonds. The SMILES string of the molecule is CCCCC(=O)[B]c1ccccc1. The molecular formula is C11H14BO. The van der Waals surface area contributed by atoms with Crippen LogP contribution < -0.4 is 5.46 Å². The van der Waals surface area contributed by atoms with Crippen molar-refractivity contribution in [3.63, 3.8) is 0 Å². The maximum absolute atomic E-state index is 11.3. The van der Waals surface area contributed by atoms with E-state index in [-0.39, 0.29) is 5.68 Å². The highest BCUT2D eigenvalue weighted by Gasteiger charge is 2.04. The molecule has 1 aromatic rings. The molecule has 0 aliphatic carbocycles. The second kappa shape index (κ2) is 5.57. The van der Waals surface area contributed by atoms with E-state index in [0.29, 0.717) is 6.42 Å². The molecule has 13 heavy (non-hydrogen) atoms. The van der Waals surface area contributed by atoms with Crippen LogP contribution in [0.2, 0.25) is 0 Å². The zero-order valence-corrected chi connectivity index (χ0v) is 7.99. The fraction of sp³-hybridized carbons (Fsp3) is 0.364. The molecule has 2 heteroatoms. The predicted octanol–water partition coefficient (Wildman–Crippen LogP) is 1.73. The second-order valence-corrected chi connectivity index (χ2v) is 3.12. The van der Waals surface area contributed by atoms with Gasteiger partial charge in [-0.25, -0.2) is 0 Å². The van der Waals surface area contributed by atoms with Gasteiger partial charge < -0.3 is 4.79 Å². The molecule has 0 fully saturated rings. The van der Waals surface area contributed by atoms with Crippen LogP contribution in [-0.2, 0) is 4.79 Å². The molecule has 0 saturated heterocycles. The first kappa shape index (κ1) is 10.0. The summed E-state index contributed by atoms with van der Waals surface area (Å²) in [5.74, 6) is 0. The van der Waals surface area contributed by atoms with E-state index < -0.39 is 0 Å². The minimum atomic E-state index is 0.230. The molecule has 0 saturated carbocycles. The molecule has 0 atom stereocenters. The van der Waals surface area contributed by atoms with E-state index in [9.17, 15) is 4.79 Å². The summed E-state index contributed by atoms with van der Waals surface area (Å²) in [6, 6.07) is 9.74. The lowest BCUT2D eigenvalue weighted by Gasteiger charge is -1.97. The summed E-state index contributed by atoms with van der Waals surface area (Å²) in [6.45, 7) is 2.09. The van der Waals surface area contributed by atoms with E-state index in [1.807, 2.05) is 30.3 Å². The van der Waals surface area contributed by atoms with Crippen LogP contribution in [0.4, 0.5) is 0 Å². The van der Waals surface area contributed by atoms with Gasteiger partial charge in [0, 0.05) is 0 Å². The number of carbonyl (C=O) groups is 1. The van der Waals surface area contributed by atoms with Gasteiger partial charge in [0.05, 0.1) is 5.68 Å². The fourth-order valence-electron chi connectivity index (χ4n) is 1.16. The highest BCUT2D eigenvalue weighted by Crippen LogP contribution is 1.94. The predicted molar refractivity (Wildman–Crippen MR) is 56.4 cm³/mol. The Kier molecular flexibility index (Phi) is 4.30. The van der Waals surface area contributed by atoms with Crippen LogP contribution in [0, 0.1) is 0 Å². The monoisotopic (exact) mass is 173 g/mol. The van der Waals surface area contributed by atoms with Crippen LogP contribution in [-0.4, -0.2) is 13.0 Å². The van der Waals surface area contributed by atoms with Crippen molar-refractivity contribution < 1.29 is 4.79 Å². The molecule has 0 aliphatic heterocycles. The third kappa shape index (κ3) is 3.93. The van der Waals surface area contributed by atoms with Crippen molar-refractivity contribution in [1.29, 1.82) is 0 Å². The van der Waals surface area contributed by atoms with Crippen LogP contribution >= 0.6 is 0 Å². The molecule has 1 nitrogen and oxygen atoms in total. The minimum Gasteiger partial charge on any atom is -0.311 e. The average Bonchev–Trinajstić information content (AvgIpc) is 2.16. The topological polar surface area (TPSA) is 17.1 Å². The molecule has 1 aromatic carbocycles. The van der Waals surface area contributed by atoms with Crippen LogP contribution in [0.5, 0.6) is 0 Å². The largest absolute Gasteiger partial charge is 0.311 e. The lowest BCUT2D eigenvalue weighted by molar-refractivity contribution is -0.112. The zero-order valence-electron chi connectivity index (χ0n) is 7.99. The Morgan fingerprint density at radius 2 is 2.00 bits per heavy atom. The lowest BCUT2D eigenvalue weighted by Crippen LogP contribution is -2.22. The fourth-order valence-corrected chi connectivity index (χ4v) is 1.16. The number of unbranched alkanes of at least 4 members (excludes halogenated alkanes) is 1. The van der Waals surface area contributed by atoms with Crippen molar-refractivity contribution in [1.82, 2.24) is 0 Å².